The maximum atomic E-state index is 7.62. The van der Waals surface area contributed by atoms with Gasteiger partial charge in [0.15, 0.2) is 0 Å². The Morgan fingerprint density at radius 2 is 1.67 bits per heavy atom. The Hall–Kier alpha value is 1.67. The summed E-state index contributed by atoms with van der Waals surface area (Å²) < 4.78 is 0. The number of halogens is 2. The molecule has 0 fully saturated rings. The van der Waals surface area contributed by atoms with Crippen LogP contribution in [0, 0.1) is 10.7 Å². The second kappa shape index (κ2) is 15.9. The van der Waals surface area contributed by atoms with Gasteiger partial charge in [-0.05, 0) is 0 Å². The molecule has 6 heavy (non-hydrogen) atoms. The summed E-state index contributed by atoms with van der Waals surface area (Å²) in [5, 5.41) is 9.53. The van der Waals surface area contributed by atoms with Crippen molar-refractivity contribution in [2.45, 2.75) is 0 Å². The summed E-state index contributed by atoms with van der Waals surface area (Å²) in [6.45, 7) is 0. The Labute approximate surface area is 75.3 Å². The van der Waals surface area contributed by atoms with E-state index in [0.717, 1.165) is 22.9 Å². The fraction of sp³-hybridized carbons (Fsp3) is 0. The molecule has 0 rings (SSSR count). The van der Waals surface area contributed by atoms with E-state index in [0.29, 0.717) is 0 Å². The molecule has 0 radical (unpaired) electrons. The van der Waals surface area contributed by atoms with Gasteiger partial charge in [0.25, 0.3) is 0 Å². The summed E-state index contributed by atoms with van der Waals surface area (Å²) in [5.41, 5.74) is 0. The molecule has 0 aromatic carbocycles. The third-order valence-electron chi connectivity index (χ3n) is 0.0527. The fourth-order valence-corrected chi connectivity index (χ4v) is 0. The Bertz CT molecular complexity index is 43.3. The molecule has 0 spiro atoms. The molecule has 0 bridgehead atoms. The molecule has 0 heterocycles. The van der Waals surface area contributed by atoms with Gasteiger partial charge in [-0.2, -0.15) is 0 Å². The van der Waals surface area contributed by atoms with Crippen LogP contribution in [0.2, 0.25) is 0 Å². The van der Waals surface area contributed by atoms with Crippen molar-refractivity contribution >= 4 is 31.5 Å². The second-order valence-electron chi connectivity index (χ2n) is 0.209. The number of thiocyanates is 1. The smallest absolute Gasteiger partial charge is 1.00 e. The van der Waals surface area contributed by atoms with Crippen LogP contribution in [0.15, 0.2) is 0 Å². The fourth-order valence-electron chi connectivity index (χ4n) is 0. The maximum absolute atomic E-state index is 7.62. The average molecular weight is 333 g/mol. The number of nitrogens with zero attached hydrogens (tertiary/aromatic N) is 1. The van der Waals surface area contributed by atoms with Crippen molar-refractivity contribution < 1.29 is 34.0 Å². The quantitative estimate of drug-likeness (QED) is 0.413. The van der Waals surface area contributed by atoms with E-state index >= 15 is 0 Å². The van der Waals surface area contributed by atoms with Crippen molar-refractivity contribution in [1.82, 2.24) is 0 Å². The van der Waals surface area contributed by atoms with Crippen LogP contribution in [0.25, 0.3) is 0 Å². The van der Waals surface area contributed by atoms with Crippen LogP contribution in [-0.2, 0) is 0 Å². The molecular weight excluding hydrogens is 333 g/mol. The van der Waals surface area contributed by atoms with Crippen molar-refractivity contribution in [3.63, 3.8) is 0 Å². The third-order valence-corrected chi connectivity index (χ3v) is 1.06. The average Bonchev–Trinajstić information content (AvgIpc) is 1.37. The standard InChI is InChI=1S/CHNS.2BrH.In/c2-1-3;;;/h3H;2*1H;/q;;;+3/p-3. The zero-order valence-electron chi connectivity index (χ0n) is 2.69. The molecule has 0 aliphatic carbocycles. The van der Waals surface area contributed by atoms with Crippen molar-refractivity contribution in [2.24, 2.45) is 0 Å². The molecular formula is CBr2InNS. The van der Waals surface area contributed by atoms with Crippen LogP contribution in [-0.4, -0.2) is 22.9 Å². The Balaban J connectivity index is -0.0000000450. The molecule has 0 saturated carbocycles. The van der Waals surface area contributed by atoms with Crippen LogP contribution < -0.4 is 34.0 Å². The maximum Gasteiger partial charge on any atom is -1.00 e. The van der Waals surface area contributed by atoms with Crippen molar-refractivity contribution in [3.05, 3.63) is 0 Å². The van der Waals surface area contributed by atoms with Gasteiger partial charge in [0, 0.05) is 0 Å². The first-order chi connectivity index (χ1) is 1.91. The van der Waals surface area contributed by atoms with E-state index in [-0.39, 0.29) is 34.0 Å². The Kier molecular flexibility index (Phi) is 41.5. The molecule has 0 N–H and O–H groups in total. The van der Waals surface area contributed by atoms with Crippen LogP contribution in [0.5, 0.6) is 0 Å². The molecule has 0 unspecified atom stereocenters. The first-order valence-corrected chi connectivity index (χ1v) is 5.58. The van der Waals surface area contributed by atoms with Crippen molar-refractivity contribution in [2.75, 3.05) is 0 Å². The van der Waals surface area contributed by atoms with Crippen LogP contribution in [0.1, 0.15) is 0 Å². The predicted molar refractivity (Wildman–Crippen MR) is 19.0 cm³/mol. The van der Waals surface area contributed by atoms with E-state index < -0.39 is 0 Å². The minimum Gasteiger partial charge on any atom is -1.00 e. The number of nitriles is 1. The summed E-state index contributed by atoms with van der Waals surface area (Å²) >= 11 is 0.996. The second-order valence-corrected chi connectivity index (χ2v) is 2.65. The van der Waals surface area contributed by atoms with E-state index in [1.54, 1.807) is 0 Å². The van der Waals surface area contributed by atoms with Crippen LogP contribution >= 0.6 is 8.59 Å². The van der Waals surface area contributed by atoms with Gasteiger partial charge in [0.1, 0.15) is 0 Å². The number of rotatable bonds is 0. The van der Waals surface area contributed by atoms with E-state index in [1.807, 2.05) is 5.40 Å². The van der Waals surface area contributed by atoms with E-state index in [1.165, 1.54) is 8.59 Å². The molecule has 1 nitrogen and oxygen atoms in total. The van der Waals surface area contributed by atoms with Crippen molar-refractivity contribution in [3.8, 4) is 5.40 Å². The van der Waals surface area contributed by atoms with E-state index in [9.17, 15) is 0 Å². The summed E-state index contributed by atoms with van der Waals surface area (Å²) in [5.74, 6) is 0. The first kappa shape index (κ1) is 15.6. The van der Waals surface area contributed by atoms with Gasteiger partial charge >= 0.3 is 42.2 Å². The van der Waals surface area contributed by atoms with Gasteiger partial charge in [-0.25, -0.2) is 0 Å². The molecule has 0 saturated heterocycles. The molecule has 0 aromatic rings. The molecule has 0 aliphatic rings. The molecule has 0 aromatic heterocycles. The SMILES string of the molecule is N#C[S][In+2].[Br-].[Br-]. The summed E-state index contributed by atoms with van der Waals surface area (Å²) in [6, 6.07) is 0. The van der Waals surface area contributed by atoms with Gasteiger partial charge in [-0.3, -0.25) is 0 Å². The van der Waals surface area contributed by atoms with E-state index in [2.05, 4.69) is 0 Å². The summed E-state index contributed by atoms with van der Waals surface area (Å²) in [7, 11) is 1.29. The van der Waals surface area contributed by atoms with Crippen LogP contribution in [0.3, 0.4) is 0 Å². The molecule has 0 atom stereocenters. The summed E-state index contributed by atoms with van der Waals surface area (Å²) in [4.78, 5) is 0. The normalized spacial score (nSPS) is 3.50. The zero-order chi connectivity index (χ0) is 3.41. The van der Waals surface area contributed by atoms with Gasteiger partial charge in [0.05, 0.1) is 0 Å². The first-order valence-electron chi connectivity index (χ1n) is 0.663. The zero-order valence-corrected chi connectivity index (χ0v) is 9.97. The summed E-state index contributed by atoms with van der Waals surface area (Å²) in [6.07, 6.45) is 0. The van der Waals surface area contributed by atoms with E-state index in [4.69, 9.17) is 5.26 Å². The van der Waals surface area contributed by atoms with Crippen LogP contribution in [0.4, 0.5) is 0 Å². The van der Waals surface area contributed by atoms with Gasteiger partial charge in [0.2, 0.25) is 0 Å². The topological polar surface area (TPSA) is 23.8 Å². The number of hydrogen-bond donors (Lipinski definition) is 0. The monoisotopic (exact) mass is 331 g/mol. The minimum atomic E-state index is 0. The largest absolute Gasteiger partial charge is 1.00 e. The molecule has 32 valence electrons. The van der Waals surface area contributed by atoms with Gasteiger partial charge < -0.3 is 34.0 Å². The Morgan fingerprint density at radius 1 is 1.50 bits per heavy atom. The minimum absolute atomic E-state index is 0. The van der Waals surface area contributed by atoms with Gasteiger partial charge in [-0.1, -0.05) is 0 Å². The van der Waals surface area contributed by atoms with Crippen molar-refractivity contribution in [1.29, 1.82) is 5.26 Å². The number of hydrogen-bond acceptors (Lipinski definition) is 2. The van der Waals surface area contributed by atoms with Gasteiger partial charge in [-0.15, -0.1) is 0 Å². The third kappa shape index (κ3) is 17.3. The molecule has 0 aliphatic heterocycles. The molecule has 0 amide bonds. The Morgan fingerprint density at radius 3 is 1.67 bits per heavy atom. The molecule has 5 heteroatoms. The predicted octanol–water partition coefficient (Wildman–Crippen LogP) is -5.71.